The van der Waals surface area contributed by atoms with Gasteiger partial charge in [0.1, 0.15) is 0 Å². The van der Waals surface area contributed by atoms with E-state index < -0.39 is 0 Å². The normalized spacial score (nSPS) is 11.6. The van der Waals surface area contributed by atoms with Crippen LogP contribution < -0.4 is 0 Å². The van der Waals surface area contributed by atoms with E-state index in [9.17, 15) is 0 Å². The van der Waals surface area contributed by atoms with Crippen LogP contribution in [-0.2, 0) is 0 Å². The van der Waals surface area contributed by atoms with Crippen LogP contribution in [0, 0.1) is 0 Å². The maximum absolute atomic E-state index is 8.92. The highest BCUT2D eigenvalue weighted by Crippen LogP contribution is 2.30. The van der Waals surface area contributed by atoms with Gasteiger partial charge in [0.2, 0.25) is 0 Å². The third-order valence-corrected chi connectivity index (χ3v) is 2.43. The van der Waals surface area contributed by atoms with Gasteiger partial charge in [-0.05, 0) is 17.7 Å². The fourth-order valence-corrected chi connectivity index (χ4v) is 1.84. The number of rotatable bonds is 2. The lowest BCUT2D eigenvalue weighted by Gasteiger charge is -2.11. The second-order valence-electron chi connectivity index (χ2n) is 2.72. The van der Waals surface area contributed by atoms with Gasteiger partial charge in [0, 0.05) is 22.6 Å². The van der Waals surface area contributed by atoms with Crippen LogP contribution >= 0.6 is 23.2 Å². The van der Waals surface area contributed by atoms with E-state index in [1.54, 1.807) is 18.2 Å². The van der Waals surface area contributed by atoms with Crippen LogP contribution in [0.25, 0.3) is 0 Å². The molecular weight excluding hydrogens is 219 g/mol. The van der Waals surface area contributed by atoms with Crippen molar-refractivity contribution in [3.05, 3.63) is 33.8 Å². The smallest absolute Gasteiger partial charge is 0.0498 e. The number of aliphatic hydroxyl groups is 1. The standard InChI is InChI=1S/C9H10Cl2O.C2H6/c1-6(5-12)9-7(10)3-2-4-8(9)11;1-2/h2-4,6,12H,5H2,1H3;1-2H3. The molecular formula is C11H16Cl2O. The Labute approximate surface area is 95.7 Å². The molecule has 0 saturated carbocycles. The highest BCUT2D eigenvalue weighted by Gasteiger charge is 2.11. The summed E-state index contributed by atoms with van der Waals surface area (Å²) < 4.78 is 0. The molecule has 1 N–H and O–H groups in total. The molecule has 1 nitrogen and oxygen atoms in total. The first-order valence-electron chi connectivity index (χ1n) is 4.71. The third-order valence-electron chi connectivity index (χ3n) is 1.77. The van der Waals surface area contributed by atoms with Gasteiger partial charge in [-0.25, -0.2) is 0 Å². The van der Waals surface area contributed by atoms with Gasteiger partial charge in [-0.2, -0.15) is 0 Å². The Morgan fingerprint density at radius 3 is 2.00 bits per heavy atom. The van der Waals surface area contributed by atoms with E-state index in [4.69, 9.17) is 28.3 Å². The van der Waals surface area contributed by atoms with Crippen molar-refractivity contribution < 1.29 is 5.11 Å². The Balaban J connectivity index is 0.000000791. The predicted molar refractivity (Wildman–Crippen MR) is 63.3 cm³/mol. The Kier molecular flexibility index (Phi) is 6.98. The molecule has 0 bridgehead atoms. The molecule has 1 aromatic carbocycles. The highest BCUT2D eigenvalue weighted by atomic mass is 35.5. The number of aliphatic hydroxyl groups excluding tert-OH is 1. The fourth-order valence-electron chi connectivity index (χ4n) is 1.07. The summed E-state index contributed by atoms with van der Waals surface area (Å²) in [5.41, 5.74) is 0.823. The number of hydrogen-bond acceptors (Lipinski definition) is 1. The summed E-state index contributed by atoms with van der Waals surface area (Å²) in [6.07, 6.45) is 0. The molecule has 0 fully saturated rings. The minimum Gasteiger partial charge on any atom is -0.396 e. The molecule has 14 heavy (non-hydrogen) atoms. The van der Waals surface area contributed by atoms with Gasteiger partial charge in [-0.1, -0.05) is 50.0 Å². The Morgan fingerprint density at radius 1 is 1.21 bits per heavy atom. The first kappa shape index (κ1) is 13.8. The van der Waals surface area contributed by atoms with Gasteiger partial charge in [0.25, 0.3) is 0 Å². The summed E-state index contributed by atoms with van der Waals surface area (Å²) in [7, 11) is 0. The Hall–Kier alpha value is -0.240. The second kappa shape index (κ2) is 7.10. The molecule has 0 amide bonds. The number of halogens is 2. The van der Waals surface area contributed by atoms with Crippen LogP contribution in [0.4, 0.5) is 0 Å². The summed E-state index contributed by atoms with van der Waals surface area (Å²) in [6, 6.07) is 5.34. The van der Waals surface area contributed by atoms with E-state index >= 15 is 0 Å². The van der Waals surface area contributed by atoms with Crippen molar-refractivity contribution in [1.82, 2.24) is 0 Å². The topological polar surface area (TPSA) is 20.2 Å². The van der Waals surface area contributed by atoms with Crippen molar-refractivity contribution in [1.29, 1.82) is 0 Å². The zero-order valence-electron chi connectivity index (χ0n) is 8.72. The van der Waals surface area contributed by atoms with Crippen LogP contribution in [0.5, 0.6) is 0 Å². The van der Waals surface area contributed by atoms with E-state index in [0.29, 0.717) is 10.0 Å². The summed E-state index contributed by atoms with van der Waals surface area (Å²) in [6.45, 7) is 5.94. The van der Waals surface area contributed by atoms with Crippen molar-refractivity contribution in [3.63, 3.8) is 0 Å². The SMILES string of the molecule is CC.CC(CO)c1c(Cl)cccc1Cl. The molecule has 1 aromatic rings. The molecule has 0 heterocycles. The first-order valence-corrected chi connectivity index (χ1v) is 5.47. The van der Waals surface area contributed by atoms with Crippen LogP contribution in [0.3, 0.4) is 0 Å². The largest absolute Gasteiger partial charge is 0.396 e. The maximum Gasteiger partial charge on any atom is 0.0498 e. The molecule has 0 radical (unpaired) electrons. The van der Waals surface area contributed by atoms with Crippen molar-refractivity contribution in [2.24, 2.45) is 0 Å². The molecule has 0 saturated heterocycles. The molecule has 0 aliphatic rings. The molecule has 0 aromatic heterocycles. The van der Waals surface area contributed by atoms with Gasteiger partial charge in [0.15, 0.2) is 0 Å². The number of hydrogen-bond donors (Lipinski definition) is 1. The van der Waals surface area contributed by atoms with Crippen LogP contribution in [0.2, 0.25) is 10.0 Å². The predicted octanol–water partition coefficient (Wildman–Crippen LogP) is 4.12. The summed E-state index contributed by atoms with van der Waals surface area (Å²) in [4.78, 5) is 0. The van der Waals surface area contributed by atoms with Crippen LogP contribution in [-0.4, -0.2) is 11.7 Å². The average molecular weight is 235 g/mol. The fraction of sp³-hybridized carbons (Fsp3) is 0.455. The van der Waals surface area contributed by atoms with E-state index in [0.717, 1.165) is 5.56 Å². The molecule has 1 rings (SSSR count). The third kappa shape index (κ3) is 3.49. The second-order valence-corrected chi connectivity index (χ2v) is 3.53. The van der Waals surface area contributed by atoms with E-state index in [1.165, 1.54) is 0 Å². The monoisotopic (exact) mass is 234 g/mol. The van der Waals surface area contributed by atoms with Crippen LogP contribution in [0.1, 0.15) is 32.3 Å². The van der Waals surface area contributed by atoms with E-state index in [1.807, 2.05) is 20.8 Å². The van der Waals surface area contributed by atoms with Gasteiger partial charge in [0.05, 0.1) is 0 Å². The van der Waals surface area contributed by atoms with E-state index in [-0.39, 0.29) is 12.5 Å². The lowest BCUT2D eigenvalue weighted by molar-refractivity contribution is 0.273. The van der Waals surface area contributed by atoms with Gasteiger partial charge < -0.3 is 5.11 Å². The van der Waals surface area contributed by atoms with Crippen molar-refractivity contribution >= 4 is 23.2 Å². The molecule has 1 unspecified atom stereocenters. The highest BCUT2D eigenvalue weighted by molar-refractivity contribution is 6.36. The molecule has 1 atom stereocenters. The average Bonchev–Trinajstić information content (AvgIpc) is 2.20. The molecule has 0 spiro atoms. The minimum absolute atomic E-state index is 0.00815. The minimum atomic E-state index is -0.00815. The Bertz CT molecular complexity index is 254. The molecule has 0 aliphatic carbocycles. The molecule has 0 aliphatic heterocycles. The summed E-state index contributed by atoms with van der Waals surface area (Å²) >= 11 is 11.8. The van der Waals surface area contributed by atoms with Crippen molar-refractivity contribution in [2.75, 3.05) is 6.61 Å². The first-order chi connectivity index (χ1) is 6.66. The zero-order chi connectivity index (χ0) is 11.1. The van der Waals surface area contributed by atoms with Crippen molar-refractivity contribution in [2.45, 2.75) is 26.7 Å². The summed E-state index contributed by atoms with van der Waals surface area (Å²) in [5, 5.41) is 10.1. The molecule has 3 heteroatoms. The van der Waals surface area contributed by atoms with Gasteiger partial charge in [-0.3, -0.25) is 0 Å². The van der Waals surface area contributed by atoms with Crippen molar-refractivity contribution in [3.8, 4) is 0 Å². The summed E-state index contributed by atoms with van der Waals surface area (Å²) in [5.74, 6) is -0.00815. The lowest BCUT2D eigenvalue weighted by atomic mass is 10.0. The zero-order valence-corrected chi connectivity index (χ0v) is 10.2. The molecule has 80 valence electrons. The maximum atomic E-state index is 8.92. The lowest BCUT2D eigenvalue weighted by Crippen LogP contribution is -2.00. The van der Waals surface area contributed by atoms with Gasteiger partial charge in [-0.15, -0.1) is 0 Å². The number of benzene rings is 1. The quantitative estimate of drug-likeness (QED) is 0.817. The Morgan fingerprint density at radius 2 is 1.64 bits per heavy atom. The van der Waals surface area contributed by atoms with E-state index in [2.05, 4.69) is 0 Å². The van der Waals surface area contributed by atoms with Gasteiger partial charge >= 0.3 is 0 Å². The van der Waals surface area contributed by atoms with Crippen LogP contribution in [0.15, 0.2) is 18.2 Å².